The molecule has 1 heterocycles. The molecule has 0 saturated carbocycles. The van der Waals surface area contributed by atoms with Crippen LogP contribution in [0.2, 0.25) is 0 Å². The van der Waals surface area contributed by atoms with E-state index in [-0.39, 0.29) is 6.54 Å². The number of nitrogens with zero attached hydrogens (tertiary/aromatic N) is 2. The van der Waals surface area contributed by atoms with Gasteiger partial charge in [0.05, 0.1) is 11.4 Å². The largest absolute Gasteiger partial charge is 0.480 e. The van der Waals surface area contributed by atoms with Gasteiger partial charge < -0.3 is 5.11 Å². The van der Waals surface area contributed by atoms with Gasteiger partial charge in [-0.15, -0.1) is 0 Å². The Labute approximate surface area is 135 Å². The van der Waals surface area contributed by atoms with Gasteiger partial charge in [0.1, 0.15) is 6.54 Å². The predicted molar refractivity (Wildman–Crippen MR) is 90.2 cm³/mol. The van der Waals surface area contributed by atoms with E-state index in [1.54, 1.807) is 4.68 Å². The third kappa shape index (κ3) is 3.16. The van der Waals surface area contributed by atoms with Gasteiger partial charge in [-0.1, -0.05) is 42.5 Å². The predicted octanol–water partition coefficient (Wildman–Crippen LogP) is 3.92. The molecule has 2 aromatic carbocycles. The monoisotopic (exact) mass is 306 g/mol. The molecule has 0 aliphatic carbocycles. The van der Waals surface area contributed by atoms with Gasteiger partial charge in [-0.05, 0) is 42.7 Å². The molecule has 3 rings (SSSR count). The van der Waals surface area contributed by atoms with Crippen LogP contribution in [0.25, 0.3) is 22.5 Å². The summed E-state index contributed by atoms with van der Waals surface area (Å²) in [5, 5.41) is 13.6. The summed E-state index contributed by atoms with van der Waals surface area (Å²) >= 11 is 0. The van der Waals surface area contributed by atoms with Crippen molar-refractivity contribution in [1.29, 1.82) is 0 Å². The van der Waals surface area contributed by atoms with Crippen molar-refractivity contribution in [1.82, 2.24) is 9.78 Å². The van der Waals surface area contributed by atoms with Crippen LogP contribution in [0.15, 0.2) is 54.6 Å². The van der Waals surface area contributed by atoms with Crippen molar-refractivity contribution < 1.29 is 9.90 Å². The first-order valence-corrected chi connectivity index (χ1v) is 7.47. The number of benzene rings is 2. The van der Waals surface area contributed by atoms with E-state index < -0.39 is 5.97 Å². The zero-order valence-electron chi connectivity index (χ0n) is 13.2. The standard InChI is InChI=1S/C19H18N2O2/c1-13-8-9-16(10-14(13)2)17-11-18(15-6-4-3-5-7-15)21(20-17)12-19(22)23/h3-11H,12H2,1-2H3,(H,22,23). The first-order chi connectivity index (χ1) is 11.0. The maximum absolute atomic E-state index is 11.1. The topological polar surface area (TPSA) is 55.1 Å². The molecule has 0 fully saturated rings. The van der Waals surface area contributed by atoms with Crippen molar-refractivity contribution in [2.24, 2.45) is 0 Å². The third-order valence-electron chi connectivity index (χ3n) is 3.94. The number of rotatable bonds is 4. The lowest BCUT2D eigenvalue weighted by Crippen LogP contribution is -2.11. The molecular formula is C19H18N2O2. The molecule has 0 unspecified atom stereocenters. The van der Waals surface area contributed by atoms with Gasteiger partial charge >= 0.3 is 5.97 Å². The molecular weight excluding hydrogens is 288 g/mol. The van der Waals surface area contributed by atoms with Gasteiger partial charge in [-0.2, -0.15) is 5.10 Å². The SMILES string of the molecule is Cc1ccc(-c2cc(-c3ccccc3)n(CC(=O)O)n2)cc1C. The summed E-state index contributed by atoms with van der Waals surface area (Å²) in [5.74, 6) is -0.906. The Hall–Kier alpha value is -2.88. The lowest BCUT2D eigenvalue weighted by atomic mass is 10.0. The Morgan fingerprint density at radius 1 is 1.00 bits per heavy atom. The molecule has 0 spiro atoms. The minimum atomic E-state index is -0.906. The molecule has 0 aliphatic rings. The zero-order valence-corrected chi connectivity index (χ0v) is 13.2. The van der Waals surface area contributed by atoms with E-state index in [0.29, 0.717) is 0 Å². The first kappa shape index (κ1) is 15.0. The smallest absolute Gasteiger partial charge is 0.325 e. The molecule has 0 bridgehead atoms. The maximum Gasteiger partial charge on any atom is 0.325 e. The number of aromatic nitrogens is 2. The molecule has 4 heteroatoms. The molecule has 0 saturated heterocycles. The second-order valence-corrected chi connectivity index (χ2v) is 5.63. The minimum Gasteiger partial charge on any atom is -0.480 e. The van der Waals surface area contributed by atoms with Crippen LogP contribution in [0.4, 0.5) is 0 Å². The summed E-state index contributed by atoms with van der Waals surface area (Å²) in [5.41, 5.74) is 5.96. The maximum atomic E-state index is 11.1. The van der Waals surface area contributed by atoms with Crippen LogP contribution in [-0.4, -0.2) is 20.9 Å². The van der Waals surface area contributed by atoms with E-state index in [1.807, 2.05) is 42.5 Å². The molecule has 0 amide bonds. The van der Waals surface area contributed by atoms with Gasteiger partial charge in [0, 0.05) is 5.56 Å². The van der Waals surface area contributed by atoms with E-state index in [9.17, 15) is 4.79 Å². The quantitative estimate of drug-likeness (QED) is 0.795. The van der Waals surface area contributed by atoms with E-state index in [1.165, 1.54) is 11.1 Å². The number of aliphatic carboxylic acids is 1. The van der Waals surface area contributed by atoms with Crippen LogP contribution in [-0.2, 0) is 11.3 Å². The van der Waals surface area contributed by atoms with E-state index in [4.69, 9.17) is 5.11 Å². The van der Waals surface area contributed by atoms with Gasteiger partial charge in [0.15, 0.2) is 0 Å². The highest BCUT2D eigenvalue weighted by molar-refractivity contribution is 5.72. The molecule has 1 N–H and O–H groups in total. The molecule has 4 nitrogen and oxygen atoms in total. The fourth-order valence-corrected chi connectivity index (χ4v) is 2.55. The Bertz CT molecular complexity index is 851. The average Bonchev–Trinajstić information content (AvgIpc) is 2.94. The van der Waals surface area contributed by atoms with Gasteiger partial charge in [-0.25, -0.2) is 0 Å². The fraction of sp³-hybridized carbons (Fsp3) is 0.158. The number of carboxylic acid groups (broad SMARTS) is 1. The number of hydrogen-bond donors (Lipinski definition) is 1. The van der Waals surface area contributed by atoms with Crippen LogP contribution < -0.4 is 0 Å². The van der Waals surface area contributed by atoms with Crippen LogP contribution in [0.3, 0.4) is 0 Å². The Kier molecular flexibility index (Phi) is 3.98. The van der Waals surface area contributed by atoms with Crippen LogP contribution in [0, 0.1) is 13.8 Å². The normalized spacial score (nSPS) is 10.7. The summed E-state index contributed by atoms with van der Waals surface area (Å²) in [4.78, 5) is 11.1. The lowest BCUT2D eigenvalue weighted by Gasteiger charge is -2.04. The number of hydrogen-bond acceptors (Lipinski definition) is 2. The van der Waals surface area contributed by atoms with Gasteiger partial charge in [0.2, 0.25) is 0 Å². The zero-order chi connectivity index (χ0) is 16.4. The van der Waals surface area contributed by atoms with Crippen molar-refractivity contribution in [2.45, 2.75) is 20.4 Å². The van der Waals surface area contributed by atoms with E-state index in [2.05, 4.69) is 31.1 Å². The third-order valence-corrected chi connectivity index (χ3v) is 3.94. The number of aryl methyl sites for hydroxylation is 2. The lowest BCUT2D eigenvalue weighted by molar-refractivity contribution is -0.137. The number of carboxylic acids is 1. The molecule has 116 valence electrons. The summed E-state index contributed by atoms with van der Waals surface area (Å²) in [6, 6.07) is 17.8. The Morgan fingerprint density at radius 3 is 2.39 bits per heavy atom. The van der Waals surface area contributed by atoms with Gasteiger partial charge in [-0.3, -0.25) is 9.48 Å². The van der Waals surface area contributed by atoms with E-state index >= 15 is 0 Å². The van der Waals surface area contributed by atoms with Crippen molar-refractivity contribution in [3.05, 3.63) is 65.7 Å². The molecule has 0 radical (unpaired) electrons. The fourth-order valence-electron chi connectivity index (χ4n) is 2.55. The first-order valence-electron chi connectivity index (χ1n) is 7.47. The highest BCUT2D eigenvalue weighted by Gasteiger charge is 2.13. The highest BCUT2D eigenvalue weighted by atomic mass is 16.4. The molecule has 1 aromatic heterocycles. The summed E-state index contributed by atoms with van der Waals surface area (Å²) in [6.45, 7) is 3.97. The van der Waals surface area contributed by atoms with Crippen LogP contribution in [0.1, 0.15) is 11.1 Å². The van der Waals surface area contributed by atoms with Crippen LogP contribution >= 0.6 is 0 Å². The van der Waals surface area contributed by atoms with Crippen LogP contribution in [0.5, 0.6) is 0 Å². The minimum absolute atomic E-state index is 0.158. The summed E-state index contributed by atoms with van der Waals surface area (Å²) in [6.07, 6.45) is 0. The van der Waals surface area contributed by atoms with Crippen molar-refractivity contribution in [3.8, 4) is 22.5 Å². The average molecular weight is 306 g/mol. The van der Waals surface area contributed by atoms with E-state index in [0.717, 1.165) is 22.5 Å². The second-order valence-electron chi connectivity index (χ2n) is 5.63. The second kappa shape index (κ2) is 6.08. The summed E-state index contributed by atoms with van der Waals surface area (Å²) < 4.78 is 1.54. The van der Waals surface area contributed by atoms with Crippen molar-refractivity contribution in [2.75, 3.05) is 0 Å². The number of carbonyl (C=O) groups is 1. The molecule has 0 aliphatic heterocycles. The van der Waals surface area contributed by atoms with Gasteiger partial charge in [0.25, 0.3) is 0 Å². The van der Waals surface area contributed by atoms with Crippen molar-refractivity contribution in [3.63, 3.8) is 0 Å². The molecule has 0 atom stereocenters. The Morgan fingerprint density at radius 2 is 1.74 bits per heavy atom. The Balaban J connectivity index is 2.10. The summed E-state index contributed by atoms with van der Waals surface area (Å²) in [7, 11) is 0. The van der Waals surface area contributed by atoms with Crippen molar-refractivity contribution >= 4 is 5.97 Å². The highest BCUT2D eigenvalue weighted by Crippen LogP contribution is 2.27. The molecule has 3 aromatic rings. The molecule has 23 heavy (non-hydrogen) atoms.